The predicted molar refractivity (Wildman–Crippen MR) is 29.6 cm³/mol. The lowest BCUT2D eigenvalue weighted by Crippen LogP contribution is -2.32. The molecular formula is C4H10N2O2. The van der Waals surface area contributed by atoms with Crippen molar-refractivity contribution in [3.63, 3.8) is 0 Å². The maximum absolute atomic E-state index is 8.28. The van der Waals surface area contributed by atoms with Crippen molar-refractivity contribution in [1.82, 2.24) is 4.90 Å². The number of hydrogen-bond acceptors (Lipinski definition) is 3. The third-order valence-electron chi connectivity index (χ3n) is 0.726. The van der Waals surface area contributed by atoms with Gasteiger partial charge in [0.2, 0.25) is 6.29 Å². The Morgan fingerprint density at radius 2 is 1.88 bits per heavy atom. The number of amidine groups is 1. The molecule has 0 spiro atoms. The molecule has 0 aliphatic heterocycles. The number of nitrogens with zero attached hydrogens (tertiary/aromatic N) is 1. The largest absolute Gasteiger partial charge is 0.362 e. The van der Waals surface area contributed by atoms with Gasteiger partial charge in [-0.05, 0) is 0 Å². The van der Waals surface area contributed by atoms with Crippen molar-refractivity contribution in [3.8, 4) is 0 Å². The zero-order valence-corrected chi connectivity index (χ0v) is 4.92. The summed E-state index contributed by atoms with van der Waals surface area (Å²) < 4.78 is 0. The van der Waals surface area contributed by atoms with Crippen LogP contribution in [0.25, 0.3) is 0 Å². The van der Waals surface area contributed by atoms with Crippen molar-refractivity contribution in [2.24, 2.45) is 0 Å². The molecular weight excluding hydrogens is 108 g/mol. The van der Waals surface area contributed by atoms with Gasteiger partial charge < -0.3 is 15.1 Å². The molecule has 0 aromatic rings. The number of nitrogens with one attached hydrogen (secondary N) is 1. The first-order chi connectivity index (χ1) is 3.55. The number of aliphatic hydroxyl groups excluding tert-OH is 1. The fraction of sp³-hybridized carbons (Fsp3) is 0.750. The Hall–Kier alpha value is -0.610. The molecule has 0 bridgehead atoms. The lowest BCUT2D eigenvalue weighted by molar-refractivity contribution is 0.0110. The molecule has 0 atom stereocenters. The monoisotopic (exact) mass is 118 g/mol. The molecule has 0 fully saturated rings. The van der Waals surface area contributed by atoms with Gasteiger partial charge in [-0.15, -0.1) is 0 Å². The Bertz CT molecular complexity index is 80.0. The van der Waals surface area contributed by atoms with Crippen LogP contribution < -0.4 is 0 Å². The summed E-state index contributed by atoms with van der Waals surface area (Å²) in [7, 11) is 3.14. The smallest absolute Gasteiger partial charge is 0.211 e. The summed E-state index contributed by atoms with van der Waals surface area (Å²) in [4.78, 5) is 1.32. The lowest BCUT2D eigenvalue weighted by atomic mass is 10.5. The molecule has 0 aromatic carbocycles. The van der Waals surface area contributed by atoms with Crippen molar-refractivity contribution in [1.29, 1.82) is 5.41 Å². The topological polar surface area (TPSA) is 67.6 Å². The molecule has 3 N–H and O–H groups in total. The quantitative estimate of drug-likeness (QED) is 0.231. The fourth-order valence-electron chi connectivity index (χ4n) is 0.231. The molecule has 0 aromatic heterocycles. The van der Waals surface area contributed by atoms with Crippen molar-refractivity contribution < 1.29 is 10.2 Å². The average Bonchev–Trinajstić information content (AvgIpc) is 1.64. The number of likely N-dealkylation sites (N-methyl/N-ethyl adjacent to an activating group) is 1. The zero-order chi connectivity index (χ0) is 6.73. The van der Waals surface area contributed by atoms with Crippen LogP contribution in [0.1, 0.15) is 0 Å². The summed E-state index contributed by atoms with van der Waals surface area (Å²) in [5.74, 6) is -0.204. The van der Waals surface area contributed by atoms with Crippen LogP contribution in [-0.2, 0) is 0 Å². The van der Waals surface area contributed by atoms with Crippen molar-refractivity contribution in [2.45, 2.75) is 6.29 Å². The van der Waals surface area contributed by atoms with Gasteiger partial charge in [-0.2, -0.15) is 0 Å². The molecule has 0 heterocycles. The lowest BCUT2D eigenvalue weighted by Gasteiger charge is -2.13. The van der Waals surface area contributed by atoms with Crippen molar-refractivity contribution in [3.05, 3.63) is 0 Å². The van der Waals surface area contributed by atoms with E-state index in [4.69, 9.17) is 15.6 Å². The summed E-state index contributed by atoms with van der Waals surface area (Å²) in [6.07, 6.45) is -1.65. The Morgan fingerprint density at radius 1 is 1.50 bits per heavy atom. The minimum Gasteiger partial charge on any atom is -0.362 e. The van der Waals surface area contributed by atoms with E-state index in [-0.39, 0.29) is 5.84 Å². The summed E-state index contributed by atoms with van der Waals surface area (Å²) in [6.45, 7) is 0. The Balaban J connectivity index is 3.65. The van der Waals surface area contributed by atoms with E-state index in [9.17, 15) is 0 Å². The molecule has 0 radical (unpaired) electrons. The van der Waals surface area contributed by atoms with Gasteiger partial charge in [0.25, 0.3) is 0 Å². The Labute approximate surface area is 47.9 Å². The summed E-state index contributed by atoms with van der Waals surface area (Å²) >= 11 is 0. The second kappa shape index (κ2) is 2.64. The normalized spacial score (nSPS) is 9.62. The molecule has 0 aliphatic carbocycles. The van der Waals surface area contributed by atoms with Gasteiger partial charge in [0, 0.05) is 14.1 Å². The first-order valence-electron chi connectivity index (χ1n) is 2.17. The summed E-state index contributed by atoms with van der Waals surface area (Å²) in [5.41, 5.74) is 0. The second-order valence-corrected chi connectivity index (χ2v) is 1.65. The Morgan fingerprint density at radius 3 is 1.88 bits per heavy atom. The van der Waals surface area contributed by atoms with Crippen LogP contribution >= 0.6 is 0 Å². The molecule has 4 heteroatoms. The van der Waals surface area contributed by atoms with E-state index in [1.165, 1.54) is 4.90 Å². The van der Waals surface area contributed by atoms with Crippen LogP contribution in [0.2, 0.25) is 0 Å². The van der Waals surface area contributed by atoms with Gasteiger partial charge >= 0.3 is 0 Å². The SMILES string of the molecule is CN(C)C(=N)C(O)O. The third-order valence-corrected chi connectivity index (χ3v) is 0.726. The highest BCUT2D eigenvalue weighted by atomic mass is 16.5. The van der Waals surface area contributed by atoms with E-state index in [1.807, 2.05) is 0 Å². The van der Waals surface area contributed by atoms with Crippen LogP contribution in [0, 0.1) is 5.41 Å². The van der Waals surface area contributed by atoms with E-state index in [0.29, 0.717) is 0 Å². The maximum Gasteiger partial charge on any atom is 0.211 e. The van der Waals surface area contributed by atoms with E-state index < -0.39 is 6.29 Å². The molecule has 0 rings (SSSR count). The van der Waals surface area contributed by atoms with E-state index in [1.54, 1.807) is 14.1 Å². The van der Waals surface area contributed by atoms with E-state index in [0.717, 1.165) is 0 Å². The van der Waals surface area contributed by atoms with Gasteiger partial charge in [-0.25, -0.2) is 0 Å². The fourth-order valence-corrected chi connectivity index (χ4v) is 0.231. The minimum atomic E-state index is -1.65. The standard InChI is InChI=1S/C4H10N2O2/c1-6(2)3(5)4(7)8/h4-5,7-8H,1-2H3. The molecule has 0 aliphatic rings. The highest BCUT2D eigenvalue weighted by Crippen LogP contribution is 1.82. The number of rotatable bonds is 1. The molecule has 0 saturated carbocycles. The summed E-state index contributed by atoms with van der Waals surface area (Å²) in [6, 6.07) is 0. The van der Waals surface area contributed by atoms with Crippen LogP contribution in [-0.4, -0.2) is 41.3 Å². The molecule has 4 nitrogen and oxygen atoms in total. The molecule has 8 heavy (non-hydrogen) atoms. The van der Waals surface area contributed by atoms with Gasteiger partial charge in [-0.1, -0.05) is 0 Å². The molecule has 0 unspecified atom stereocenters. The average molecular weight is 118 g/mol. The van der Waals surface area contributed by atoms with Gasteiger partial charge in [0.05, 0.1) is 0 Å². The van der Waals surface area contributed by atoms with Crippen LogP contribution in [0.5, 0.6) is 0 Å². The van der Waals surface area contributed by atoms with Crippen LogP contribution in [0.4, 0.5) is 0 Å². The van der Waals surface area contributed by atoms with Crippen LogP contribution in [0.3, 0.4) is 0 Å². The van der Waals surface area contributed by atoms with E-state index >= 15 is 0 Å². The highest BCUT2D eigenvalue weighted by molar-refractivity contribution is 5.81. The van der Waals surface area contributed by atoms with Crippen molar-refractivity contribution in [2.75, 3.05) is 14.1 Å². The first kappa shape index (κ1) is 7.39. The third kappa shape index (κ3) is 1.90. The van der Waals surface area contributed by atoms with E-state index in [2.05, 4.69) is 0 Å². The van der Waals surface area contributed by atoms with Gasteiger partial charge in [0.1, 0.15) is 0 Å². The molecule has 0 amide bonds. The Kier molecular flexibility index (Phi) is 2.44. The first-order valence-corrected chi connectivity index (χ1v) is 2.17. The minimum absolute atomic E-state index is 0.204. The van der Waals surface area contributed by atoms with Crippen LogP contribution in [0.15, 0.2) is 0 Å². The molecule has 48 valence electrons. The van der Waals surface area contributed by atoms with Gasteiger partial charge in [0.15, 0.2) is 5.84 Å². The zero-order valence-electron chi connectivity index (χ0n) is 4.92. The molecule has 0 saturated heterocycles. The predicted octanol–water partition coefficient (Wildman–Crippen LogP) is -1.16. The summed E-state index contributed by atoms with van der Waals surface area (Å²) in [5, 5.41) is 23.4. The number of aliphatic hydroxyl groups is 2. The number of hydrogen-bond donors (Lipinski definition) is 3. The second-order valence-electron chi connectivity index (χ2n) is 1.65. The van der Waals surface area contributed by atoms with Gasteiger partial charge in [-0.3, -0.25) is 5.41 Å². The maximum atomic E-state index is 8.28. The highest BCUT2D eigenvalue weighted by Gasteiger charge is 2.06. The van der Waals surface area contributed by atoms with Crippen molar-refractivity contribution >= 4 is 5.84 Å².